The van der Waals surface area contributed by atoms with Crippen LogP contribution < -0.4 is 24.4 Å². The second-order valence-corrected chi connectivity index (χ2v) is 10.9. The number of carbonyl (C=O) groups is 1. The number of furan rings is 1. The average Bonchev–Trinajstić information content (AvgIpc) is 3.59. The van der Waals surface area contributed by atoms with E-state index in [4.69, 9.17) is 18.6 Å². The van der Waals surface area contributed by atoms with Crippen molar-refractivity contribution >= 4 is 29.1 Å². The quantitative estimate of drug-likeness (QED) is 0.137. The molecule has 1 atom stereocenters. The molecule has 228 valence electrons. The highest BCUT2D eigenvalue weighted by Crippen LogP contribution is 2.41. The van der Waals surface area contributed by atoms with Crippen molar-refractivity contribution in [3.05, 3.63) is 106 Å². The molecule has 0 saturated carbocycles. The summed E-state index contributed by atoms with van der Waals surface area (Å²) in [4.78, 5) is 43.4. The summed E-state index contributed by atoms with van der Waals surface area (Å²) in [5.74, 6) is 1.12. The number of methoxy groups -OCH3 is 1. The van der Waals surface area contributed by atoms with E-state index in [2.05, 4.69) is 4.99 Å². The predicted molar refractivity (Wildman–Crippen MR) is 165 cm³/mol. The third kappa shape index (κ3) is 5.55. The fourth-order valence-corrected chi connectivity index (χ4v) is 6.17. The Morgan fingerprint density at radius 1 is 1.16 bits per heavy atom. The van der Waals surface area contributed by atoms with Crippen LogP contribution in [-0.4, -0.2) is 35.8 Å². The van der Waals surface area contributed by atoms with Gasteiger partial charge in [-0.05, 0) is 45.4 Å². The first-order valence-electron chi connectivity index (χ1n) is 14.0. The molecule has 0 spiro atoms. The van der Waals surface area contributed by atoms with Gasteiger partial charge in [-0.25, -0.2) is 9.79 Å². The number of benzene rings is 2. The van der Waals surface area contributed by atoms with Gasteiger partial charge in [-0.1, -0.05) is 42.5 Å². The van der Waals surface area contributed by atoms with E-state index >= 15 is 0 Å². The van der Waals surface area contributed by atoms with Crippen LogP contribution in [0.4, 0.5) is 5.69 Å². The van der Waals surface area contributed by atoms with Gasteiger partial charge in [0.15, 0.2) is 16.3 Å². The van der Waals surface area contributed by atoms with Gasteiger partial charge in [-0.15, -0.1) is 0 Å². The zero-order valence-electron chi connectivity index (χ0n) is 24.9. The molecule has 2 aromatic carbocycles. The number of para-hydroxylation sites is 1. The fraction of sp³-hybridized carbons (Fsp3) is 0.281. The highest BCUT2D eigenvalue weighted by atomic mass is 32.1. The molecular formula is C32H31N3O8S. The molecule has 1 aliphatic heterocycles. The summed E-state index contributed by atoms with van der Waals surface area (Å²) in [6.07, 6.45) is 2.33. The lowest BCUT2D eigenvalue weighted by atomic mass is 9.94. The molecule has 0 aliphatic carbocycles. The van der Waals surface area contributed by atoms with Crippen molar-refractivity contribution < 1.29 is 28.3 Å². The minimum atomic E-state index is -0.894. The maximum absolute atomic E-state index is 14.1. The number of nitro benzene ring substituents is 1. The Bertz CT molecular complexity index is 1970. The first-order chi connectivity index (χ1) is 21.2. The van der Waals surface area contributed by atoms with Gasteiger partial charge in [0, 0.05) is 28.8 Å². The molecular weight excluding hydrogens is 586 g/mol. The molecule has 12 heteroatoms. The van der Waals surface area contributed by atoms with Gasteiger partial charge in [0.25, 0.3) is 11.2 Å². The highest BCUT2D eigenvalue weighted by Gasteiger charge is 2.36. The molecule has 0 unspecified atom stereocenters. The summed E-state index contributed by atoms with van der Waals surface area (Å²) >= 11 is 1.15. The first kappa shape index (κ1) is 30.5. The number of allylic oxidation sites excluding steroid dienone is 1. The second kappa shape index (κ2) is 12.7. The van der Waals surface area contributed by atoms with E-state index in [1.54, 1.807) is 69.3 Å². The van der Waals surface area contributed by atoms with Gasteiger partial charge in [0.2, 0.25) is 0 Å². The van der Waals surface area contributed by atoms with Crippen LogP contribution in [0.1, 0.15) is 50.1 Å². The average molecular weight is 618 g/mol. The van der Waals surface area contributed by atoms with E-state index in [9.17, 15) is 19.7 Å². The number of rotatable bonds is 10. The largest absolute Gasteiger partial charge is 0.493 e. The van der Waals surface area contributed by atoms with E-state index in [1.165, 1.54) is 17.7 Å². The van der Waals surface area contributed by atoms with Crippen LogP contribution in [-0.2, 0) is 9.53 Å². The smallest absolute Gasteiger partial charge is 0.338 e. The monoisotopic (exact) mass is 617 g/mol. The van der Waals surface area contributed by atoms with E-state index in [0.29, 0.717) is 61.3 Å². The van der Waals surface area contributed by atoms with E-state index < -0.39 is 16.9 Å². The predicted octanol–water partition coefficient (Wildman–Crippen LogP) is 5.07. The number of nitrogens with zero attached hydrogens (tertiary/aromatic N) is 3. The zero-order chi connectivity index (χ0) is 31.5. The Morgan fingerprint density at radius 3 is 2.64 bits per heavy atom. The molecule has 4 aromatic rings. The Morgan fingerprint density at radius 2 is 1.93 bits per heavy atom. The van der Waals surface area contributed by atoms with E-state index in [-0.39, 0.29) is 23.4 Å². The number of fused-ring (bicyclic) bond motifs is 1. The maximum Gasteiger partial charge on any atom is 0.338 e. The van der Waals surface area contributed by atoms with Gasteiger partial charge >= 0.3 is 5.97 Å². The summed E-state index contributed by atoms with van der Waals surface area (Å²) in [5.41, 5.74) is 1.85. The summed E-state index contributed by atoms with van der Waals surface area (Å²) < 4.78 is 24.9. The van der Waals surface area contributed by atoms with Crippen LogP contribution in [0.3, 0.4) is 0 Å². The molecule has 44 heavy (non-hydrogen) atoms. The number of ether oxygens (including phenoxy) is 3. The van der Waals surface area contributed by atoms with Crippen molar-refractivity contribution in [2.45, 2.75) is 40.2 Å². The Kier molecular flexibility index (Phi) is 8.81. The molecule has 5 rings (SSSR count). The van der Waals surface area contributed by atoms with Crippen molar-refractivity contribution in [2.24, 2.45) is 4.99 Å². The third-order valence-corrected chi connectivity index (χ3v) is 8.14. The highest BCUT2D eigenvalue weighted by molar-refractivity contribution is 7.07. The fourth-order valence-electron chi connectivity index (χ4n) is 5.15. The molecule has 0 saturated heterocycles. The zero-order valence-corrected chi connectivity index (χ0v) is 25.7. The Labute approximate surface area is 256 Å². The maximum atomic E-state index is 14.1. The SMILES string of the molecule is CCCOc1c(OC)cccc1[C@H]1C(C(=O)OCC)=C(C)N=c2s/c(=C/c3ccc(-c4cccc([N+](=O)[O-])c4C)o3)c(=O)n21. The molecule has 0 bridgehead atoms. The van der Waals surface area contributed by atoms with Crippen LogP contribution in [0, 0.1) is 17.0 Å². The molecule has 0 fully saturated rings. The van der Waals surface area contributed by atoms with Crippen LogP contribution in [0.2, 0.25) is 0 Å². The van der Waals surface area contributed by atoms with Crippen molar-refractivity contribution in [3.8, 4) is 22.8 Å². The molecule has 2 aromatic heterocycles. The molecule has 0 N–H and O–H groups in total. The van der Waals surface area contributed by atoms with Crippen LogP contribution >= 0.6 is 11.3 Å². The number of hydrogen-bond donors (Lipinski definition) is 0. The molecule has 1 aliphatic rings. The third-order valence-electron chi connectivity index (χ3n) is 7.16. The number of aromatic nitrogens is 1. The van der Waals surface area contributed by atoms with E-state index in [1.807, 2.05) is 6.92 Å². The van der Waals surface area contributed by atoms with Gasteiger partial charge < -0.3 is 18.6 Å². The number of nitro groups is 1. The molecule has 3 heterocycles. The van der Waals surface area contributed by atoms with Crippen LogP contribution in [0.5, 0.6) is 11.5 Å². The summed E-state index contributed by atoms with van der Waals surface area (Å²) in [6.45, 7) is 7.61. The molecule has 11 nitrogen and oxygen atoms in total. The van der Waals surface area contributed by atoms with Crippen LogP contribution in [0.15, 0.2) is 74.0 Å². The minimum absolute atomic E-state index is 0.0126. The van der Waals surface area contributed by atoms with Gasteiger partial charge in [0.05, 0.1) is 41.0 Å². The normalized spacial score (nSPS) is 14.7. The lowest BCUT2D eigenvalue weighted by Crippen LogP contribution is -2.40. The summed E-state index contributed by atoms with van der Waals surface area (Å²) in [7, 11) is 1.53. The van der Waals surface area contributed by atoms with Crippen molar-refractivity contribution in [1.29, 1.82) is 0 Å². The molecule has 0 amide bonds. The number of carbonyl (C=O) groups excluding carboxylic acids is 1. The van der Waals surface area contributed by atoms with Crippen LogP contribution in [0.25, 0.3) is 17.4 Å². The summed E-state index contributed by atoms with van der Waals surface area (Å²) in [6, 6.07) is 12.6. The number of esters is 1. The molecule has 0 radical (unpaired) electrons. The van der Waals surface area contributed by atoms with Gasteiger partial charge in [-0.3, -0.25) is 19.5 Å². The van der Waals surface area contributed by atoms with Gasteiger partial charge in [0.1, 0.15) is 17.6 Å². The second-order valence-electron chi connectivity index (χ2n) is 9.94. The van der Waals surface area contributed by atoms with Crippen molar-refractivity contribution in [1.82, 2.24) is 4.57 Å². The lowest BCUT2D eigenvalue weighted by Gasteiger charge is -2.27. The van der Waals surface area contributed by atoms with Gasteiger partial charge in [-0.2, -0.15) is 0 Å². The number of hydrogen-bond acceptors (Lipinski definition) is 10. The number of thiazole rings is 1. The van der Waals surface area contributed by atoms with Crippen molar-refractivity contribution in [2.75, 3.05) is 20.3 Å². The summed E-state index contributed by atoms with van der Waals surface area (Å²) in [5, 5.41) is 11.4. The Balaban J connectivity index is 1.68. The lowest BCUT2D eigenvalue weighted by molar-refractivity contribution is -0.385. The first-order valence-corrected chi connectivity index (χ1v) is 14.8. The Hall–Kier alpha value is -4.97. The van der Waals surface area contributed by atoms with Crippen molar-refractivity contribution in [3.63, 3.8) is 0 Å². The minimum Gasteiger partial charge on any atom is -0.493 e. The standard InChI is InChI=1S/C32H31N3O8S/c1-6-16-42-29-22(11-9-13-25(29)40-5)28-27(31(37)41-7-2)19(4)33-32-34(28)30(36)26(44-32)17-20-14-15-24(43-20)21-10-8-12-23(18(21)3)35(38)39/h8-15,17,28H,6-7,16H2,1-5H3/b26-17+/t28-/m0/s1. The topological polar surface area (TPSA) is 135 Å². The van der Waals surface area contributed by atoms with E-state index in [0.717, 1.165) is 17.8 Å².